The molecule has 0 unspecified atom stereocenters. The number of nitrogens with zero attached hydrogens (tertiary/aromatic N) is 3. The quantitative estimate of drug-likeness (QED) is 0.705. The lowest BCUT2D eigenvalue weighted by molar-refractivity contribution is -0.137. The van der Waals surface area contributed by atoms with Crippen molar-refractivity contribution in [2.45, 2.75) is 6.18 Å². The predicted octanol–water partition coefficient (Wildman–Crippen LogP) is 4.66. The highest BCUT2D eigenvalue weighted by Crippen LogP contribution is 2.36. The van der Waals surface area contributed by atoms with Gasteiger partial charge in [0.25, 0.3) is 0 Å². The molecule has 0 fully saturated rings. The second-order valence-corrected chi connectivity index (χ2v) is 5.44. The lowest BCUT2D eigenvalue weighted by atomic mass is 10.1. The van der Waals surface area contributed by atoms with Gasteiger partial charge in [-0.3, -0.25) is 0 Å². The Kier molecular flexibility index (Phi) is 4.45. The van der Waals surface area contributed by atoms with E-state index in [0.717, 1.165) is 12.1 Å². The first-order valence-corrected chi connectivity index (χ1v) is 7.33. The summed E-state index contributed by atoms with van der Waals surface area (Å²) in [7, 11) is 0. The Balaban J connectivity index is 1.91. The van der Waals surface area contributed by atoms with Crippen molar-refractivity contribution in [3.8, 4) is 17.0 Å². The first kappa shape index (κ1) is 17.0. The van der Waals surface area contributed by atoms with E-state index in [1.807, 2.05) is 0 Å². The molecule has 2 N–H and O–H groups in total. The summed E-state index contributed by atoms with van der Waals surface area (Å²) in [6.45, 7) is 0. The van der Waals surface area contributed by atoms with Crippen LogP contribution in [0.3, 0.4) is 0 Å². The van der Waals surface area contributed by atoms with Crippen LogP contribution in [0.5, 0.6) is 5.75 Å². The molecule has 0 aliphatic heterocycles. The zero-order valence-corrected chi connectivity index (χ0v) is 13.2. The molecule has 0 aliphatic rings. The molecule has 0 spiro atoms. The number of phenolic OH excluding ortho intramolecular Hbond substituents is 1. The Morgan fingerprint density at radius 1 is 1.08 bits per heavy atom. The van der Waals surface area contributed by atoms with Gasteiger partial charge in [-0.1, -0.05) is 23.7 Å². The predicted molar refractivity (Wildman–Crippen MR) is 86.7 cm³/mol. The topological polar surface area (TPSA) is 70.9 Å². The number of halogens is 4. The molecule has 0 bridgehead atoms. The van der Waals surface area contributed by atoms with Crippen molar-refractivity contribution < 1.29 is 18.3 Å². The normalized spacial score (nSPS) is 11.4. The number of aromatic nitrogens is 3. The molecule has 3 aromatic rings. The van der Waals surface area contributed by atoms with Crippen LogP contribution in [0, 0.1) is 0 Å². The summed E-state index contributed by atoms with van der Waals surface area (Å²) in [5.74, 6) is 0.0643. The van der Waals surface area contributed by atoms with Crippen molar-refractivity contribution in [2.75, 3.05) is 5.32 Å². The molecular weight excluding hydrogens is 357 g/mol. The molecule has 0 radical (unpaired) electrons. The fourth-order valence-corrected chi connectivity index (χ4v) is 2.33. The molecular formula is C16H10ClF3N4O. The van der Waals surface area contributed by atoms with Crippen LogP contribution in [0.1, 0.15) is 5.56 Å². The van der Waals surface area contributed by atoms with Gasteiger partial charge in [-0.2, -0.15) is 18.3 Å². The molecule has 1 aromatic heterocycles. The van der Waals surface area contributed by atoms with Crippen molar-refractivity contribution in [3.05, 3.63) is 59.2 Å². The number of anilines is 2. The second-order valence-electron chi connectivity index (χ2n) is 5.03. The molecule has 5 nitrogen and oxygen atoms in total. The van der Waals surface area contributed by atoms with E-state index in [1.54, 1.807) is 12.1 Å². The molecule has 9 heteroatoms. The average molecular weight is 367 g/mol. The third kappa shape index (κ3) is 3.97. The van der Waals surface area contributed by atoms with E-state index < -0.39 is 16.8 Å². The van der Waals surface area contributed by atoms with Crippen LogP contribution >= 0.6 is 11.6 Å². The van der Waals surface area contributed by atoms with Crippen molar-refractivity contribution in [1.29, 1.82) is 0 Å². The van der Waals surface area contributed by atoms with E-state index in [1.165, 1.54) is 24.4 Å². The van der Waals surface area contributed by atoms with E-state index >= 15 is 0 Å². The number of benzene rings is 2. The number of hydrogen-bond acceptors (Lipinski definition) is 5. The Labute approximate surface area is 145 Å². The van der Waals surface area contributed by atoms with Gasteiger partial charge in [0.1, 0.15) is 5.75 Å². The van der Waals surface area contributed by atoms with Gasteiger partial charge in [-0.25, -0.2) is 4.98 Å². The standard InChI is InChI=1S/C16H10ClF3N4O/c17-13-5-4-10(7-12(13)16(18,19)20)22-15-23-14(8-21-24-15)9-2-1-3-11(25)6-9/h1-8,25H,(H,22,23,24). The van der Waals surface area contributed by atoms with Crippen molar-refractivity contribution in [1.82, 2.24) is 15.2 Å². The zero-order valence-electron chi connectivity index (χ0n) is 12.4. The molecule has 0 saturated carbocycles. The summed E-state index contributed by atoms with van der Waals surface area (Å²) < 4.78 is 38.7. The number of aromatic hydroxyl groups is 1. The summed E-state index contributed by atoms with van der Waals surface area (Å²) in [6.07, 6.45) is -3.19. The van der Waals surface area contributed by atoms with Gasteiger partial charge in [-0.05, 0) is 30.3 Å². The van der Waals surface area contributed by atoms with Crippen LogP contribution in [0.4, 0.5) is 24.8 Å². The van der Waals surface area contributed by atoms with Crippen LogP contribution in [0.25, 0.3) is 11.3 Å². The van der Waals surface area contributed by atoms with E-state index in [-0.39, 0.29) is 17.4 Å². The van der Waals surface area contributed by atoms with Gasteiger partial charge in [0.15, 0.2) is 0 Å². The molecule has 0 saturated heterocycles. The van der Waals surface area contributed by atoms with Gasteiger partial charge in [0.05, 0.1) is 22.5 Å². The fourth-order valence-electron chi connectivity index (χ4n) is 2.11. The van der Waals surface area contributed by atoms with E-state index in [2.05, 4.69) is 20.5 Å². The van der Waals surface area contributed by atoms with Crippen LogP contribution in [-0.2, 0) is 6.18 Å². The highest BCUT2D eigenvalue weighted by atomic mass is 35.5. The molecule has 2 aromatic carbocycles. The van der Waals surface area contributed by atoms with Gasteiger partial charge in [0.2, 0.25) is 5.95 Å². The van der Waals surface area contributed by atoms with Crippen LogP contribution in [-0.4, -0.2) is 20.3 Å². The third-order valence-corrected chi connectivity index (χ3v) is 3.56. The Hall–Kier alpha value is -2.87. The smallest absolute Gasteiger partial charge is 0.417 e. The van der Waals surface area contributed by atoms with Crippen molar-refractivity contribution >= 4 is 23.2 Å². The molecule has 1 heterocycles. The third-order valence-electron chi connectivity index (χ3n) is 3.23. The number of alkyl halides is 3. The molecule has 0 atom stereocenters. The minimum Gasteiger partial charge on any atom is -0.508 e. The van der Waals surface area contributed by atoms with Crippen molar-refractivity contribution in [3.63, 3.8) is 0 Å². The minimum absolute atomic E-state index is 0.0105. The molecule has 128 valence electrons. The largest absolute Gasteiger partial charge is 0.508 e. The lowest BCUT2D eigenvalue weighted by Crippen LogP contribution is -2.07. The first-order chi connectivity index (χ1) is 11.8. The van der Waals surface area contributed by atoms with E-state index in [0.29, 0.717) is 11.3 Å². The summed E-state index contributed by atoms with van der Waals surface area (Å²) >= 11 is 5.59. The Bertz CT molecular complexity index is 918. The lowest BCUT2D eigenvalue weighted by Gasteiger charge is -2.11. The number of hydrogen-bond donors (Lipinski definition) is 2. The first-order valence-electron chi connectivity index (χ1n) is 6.96. The van der Waals surface area contributed by atoms with Crippen LogP contribution in [0.15, 0.2) is 48.7 Å². The summed E-state index contributed by atoms with van der Waals surface area (Å²) in [4.78, 5) is 4.18. The monoisotopic (exact) mass is 366 g/mol. The highest BCUT2D eigenvalue weighted by Gasteiger charge is 2.33. The number of nitrogens with one attached hydrogen (secondary N) is 1. The minimum atomic E-state index is -4.57. The molecule has 0 amide bonds. The molecule has 3 rings (SSSR count). The maximum absolute atomic E-state index is 12.9. The van der Waals surface area contributed by atoms with Crippen LogP contribution in [0.2, 0.25) is 5.02 Å². The second kappa shape index (κ2) is 6.56. The number of rotatable bonds is 3. The summed E-state index contributed by atoms with van der Waals surface area (Å²) in [5, 5.41) is 19.3. The van der Waals surface area contributed by atoms with E-state index in [9.17, 15) is 18.3 Å². The van der Waals surface area contributed by atoms with Crippen molar-refractivity contribution in [2.24, 2.45) is 0 Å². The van der Waals surface area contributed by atoms with Gasteiger partial charge in [-0.15, -0.1) is 5.10 Å². The van der Waals surface area contributed by atoms with Gasteiger partial charge in [0, 0.05) is 11.3 Å². The van der Waals surface area contributed by atoms with Crippen LogP contribution < -0.4 is 5.32 Å². The SMILES string of the molecule is Oc1cccc(-c2cnnc(Nc3ccc(Cl)c(C(F)(F)F)c3)n2)c1. The summed E-state index contributed by atoms with van der Waals surface area (Å²) in [5.41, 5.74) is 0.145. The van der Waals surface area contributed by atoms with Gasteiger partial charge < -0.3 is 10.4 Å². The molecule has 25 heavy (non-hydrogen) atoms. The zero-order chi connectivity index (χ0) is 18.0. The maximum Gasteiger partial charge on any atom is 0.417 e. The maximum atomic E-state index is 12.9. The van der Waals surface area contributed by atoms with E-state index in [4.69, 9.17) is 11.6 Å². The Morgan fingerprint density at radius 2 is 1.88 bits per heavy atom. The highest BCUT2D eigenvalue weighted by molar-refractivity contribution is 6.31. The fraction of sp³-hybridized carbons (Fsp3) is 0.0625. The Morgan fingerprint density at radius 3 is 2.60 bits per heavy atom. The average Bonchev–Trinajstić information content (AvgIpc) is 2.56. The summed E-state index contributed by atoms with van der Waals surface area (Å²) in [6, 6.07) is 9.71. The van der Waals surface area contributed by atoms with Gasteiger partial charge >= 0.3 is 6.18 Å². The molecule has 0 aliphatic carbocycles. The number of phenols is 1.